The zero-order chi connectivity index (χ0) is 14.3. The van der Waals surface area contributed by atoms with Crippen molar-refractivity contribution in [3.05, 3.63) is 0 Å². The average molecular weight is 272 g/mol. The number of hydrogen-bond acceptors (Lipinski definition) is 4. The molecule has 4 atom stereocenters. The fourth-order valence-corrected chi connectivity index (χ4v) is 3.50. The largest absolute Gasteiger partial charge is 0.395 e. The molecule has 0 aromatic heterocycles. The number of aliphatic hydroxyl groups excluding tert-OH is 1. The summed E-state index contributed by atoms with van der Waals surface area (Å²) in [6.07, 6.45) is 2.59. The molecule has 0 heterocycles. The molecule has 1 rings (SSSR count). The van der Waals surface area contributed by atoms with Crippen LogP contribution in [0.15, 0.2) is 0 Å². The lowest BCUT2D eigenvalue weighted by molar-refractivity contribution is 0.0749. The molecule has 0 aromatic carbocycles. The van der Waals surface area contributed by atoms with E-state index in [0.29, 0.717) is 12.0 Å². The fourth-order valence-electron chi connectivity index (χ4n) is 3.50. The zero-order valence-electron chi connectivity index (χ0n) is 13.1. The molecule has 0 saturated heterocycles. The minimum absolute atomic E-state index is 0.228. The number of nitrogens with zero attached hydrogens (tertiary/aromatic N) is 1. The van der Waals surface area contributed by atoms with Gasteiger partial charge in [-0.25, -0.2) is 0 Å². The lowest BCUT2D eigenvalue weighted by Gasteiger charge is -2.42. The van der Waals surface area contributed by atoms with Gasteiger partial charge in [0.1, 0.15) is 0 Å². The molecule has 0 amide bonds. The van der Waals surface area contributed by atoms with Gasteiger partial charge in [-0.05, 0) is 37.6 Å². The lowest BCUT2D eigenvalue weighted by Crippen LogP contribution is -2.48. The maximum Gasteiger partial charge on any atom is 0.0589 e. The van der Waals surface area contributed by atoms with Crippen LogP contribution in [0.5, 0.6) is 0 Å². The van der Waals surface area contributed by atoms with Gasteiger partial charge in [0.2, 0.25) is 0 Å². The van der Waals surface area contributed by atoms with Crippen molar-refractivity contribution in [1.82, 2.24) is 10.2 Å². The van der Waals surface area contributed by atoms with Gasteiger partial charge in [0.25, 0.3) is 0 Å². The summed E-state index contributed by atoms with van der Waals surface area (Å²) in [5.41, 5.74) is 0. The number of hydrogen-bond donors (Lipinski definition) is 2. The second-order valence-corrected chi connectivity index (χ2v) is 6.13. The van der Waals surface area contributed by atoms with Crippen molar-refractivity contribution in [3.8, 4) is 0 Å². The maximum absolute atomic E-state index is 9.20. The fraction of sp³-hybridized carbons (Fsp3) is 1.00. The van der Waals surface area contributed by atoms with Crippen molar-refractivity contribution >= 4 is 0 Å². The summed E-state index contributed by atoms with van der Waals surface area (Å²) in [5, 5.41) is 12.7. The molecule has 0 spiro atoms. The first-order chi connectivity index (χ1) is 9.12. The second kappa shape index (κ2) is 8.90. The van der Waals surface area contributed by atoms with Crippen LogP contribution in [-0.2, 0) is 4.74 Å². The third kappa shape index (κ3) is 5.38. The Morgan fingerprint density at radius 2 is 2.00 bits per heavy atom. The van der Waals surface area contributed by atoms with Gasteiger partial charge in [-0.1, -0.05) is 13.8 Å². The van der Waals surface area contributed by atoms with Crippen LogP contribution >= 0.6 is 0 Å². The monoisotopic (exact) mass is 272 g/mol. The zero-order valence-corrected chi connectivity index (χ0v) is 13.1. The number of aliphatic hydroxyl groups is 1. The van der Waals surface area contributed by atoms with E-state index in [1.807, 2.05) is 0 Å². The van der Waals surface area contributed by atoms with Gasteiger partial charge in [0, 0.05) is 32.8 Å². The Hall–Kier alpha value is -0.160. The molecule has 0 aliphatic heterocycles. The van der Waals surface area contributed by atoms with Crippen LogP contribution in [0.2, 0.25) is 0 Å². The molecular formula is C15H32N2O2. The van der Waals surface area contributed by atoms with Gasteiger partial charge in [0.05, 0.1) is 13.2 Å². The molecule has 1 aliphatic carbocycles. The molecule has 1 aliphatic rings. The van der Waals surface area contributed by atoms with E-state index in [4.69, 9.17) is 4.74 Å². The summed E-state index contributed by atoms with van der Waals surface area (Å²) in [5.74, 6) is 2.23. The lowest BCUT2D eigenvalue weighted by atomic mass is 9.72. The van der Waals surface area contributed by atoms with Crippen LogP contribution in [0, 0.1) is 17.8 Å². The van der Waals surface area contributed by atoms with Crippen LogP contribution in [0.3, 0.4) is 0 Å². The van der Waals surface area contributed by atoms with Crippen molar-refractivity contribution in [2.45, 2.75) is 32.7 Å². The summed E-state index contributed by atoms with van der Waals surface area (Å²) < 4.78 is 5.17. The molecule has 0 aromatic rings. The molecule has 2 N–H and O–H groups in total. The quantitative estimate of drug-likeness (QED) is 0.697. The number of rotatable bonds is 8. The molecule has 1 fully saturated rings. The van der Waals surface area contributed by atoms with E-state index in [-0.39, 0.29) is 6.61 Å². The molecule has 0 bridgehead atoms. The van der Waals surface area contributed by atoms with Gasteiger partial charge in [-0.15, -0.1) is 0 Å². The van der Waals surface area contributed by atoms with Crippen LogP contribution in [0.1, 0.15) is 26.7 Å². The van der Waals surface area contributed by atoms with E-state index < -0.39 is 0 Å². The summed E-state index contributed by atoms with van der Waals surface area (Å²) in [6.45, 7) is 8.41. The van der Waals surface area contributed by atoms with Crippen molar-refractivity contribution in [2.24, 2.45) is 17.8 Å². The molecule has 114 valence electrons. The molecular weight excluding hydrogens is 240 g/mol. The smallest absolute Gasteiger partial charge is 0.0589 e. The van der Waals surface area contributed by atoms with E-state index in [1.165, 1.54) is 12.8 Å². The van der Waals surface area contributed by atoms with Crippen LogP contribution in [-0.4, -0.2) is 63.1 Å². The van der Waals surface area contributed by atoms with E-state index in [2.05, 4.69) is 31.1 Å². The summed E-state index contributed by atoms with van der Waals surface area (Å²) in [7, 11) is 3.81. The topological polar surface area (TPSA) is 44.7 Å². The van der Waals surface area contributed by atoms with Crippen LogP contribution < -0.4 is 5.32 Å². The van der Waals surface area contributed by atoms with Crippen molar-refractivity contribution in [1.29, 1.82) is 0 Å². The first-order valence-corrected chi connectivity index (χ1v) is 7.61. The molecule has 0 radical (unpaired) electrons. The van der Waals surface area contributed by atoms with Crippen molar-refractivity contribution in [3.63, 3.8) is 0 Å². The number of ether oxygens (including phenoxy) is 1. The minimum atomic E-state index is 0.228. The Kier molecular flexibility index (Phi) is 7.91. The summed E-state index contributed by atoms with van der Waals surface area (Å²) in [6, 6.07) is 0.600. The average Bonchev–Trinajstić information content (AvgIpc) is 2.38. The highest BCUT2D eigenvalue weighted by Crippen LogP contribution is 2.34. The molecule has 4 unspecified atom stereocenters. The molecule has 4 heteroatoms. The maximum atomic E-state index is 9.20. The second-order valence-electron chi connectivity index (χ2n) is 6.13. The molecule has 4 nitrogen and oxygen atoms in total. The highest BCUT2D eigenvalue weighted by atomic mass is 16.5. The number of nitrogens with one attached hydrogen (secondary N) is 1. The van der Waals surface area contributed by atoms with Gasteiger partial charge in [0.15, 0.2) is 0 Å². The highest BCUT2D eigenvalue weighted by Gasteiger charge is 2.33. The predicted molar refractivity (Wildman–Crippen MR) is 79.3 cm³/mol. The summed E-state index contributed by atoms with van der Waals surface area (Å²) >= 11 is 0. The Labute approximate surface area is 118 Å². The van der Waals surface area contributed by atoms with Crippen molar-refractivity contribution in [2.75, 3.05) is 47.0 Å². The Morgan fingerprint density at radius 3 is 2.58 bits per heavy atom. The first-order valence-electron chi connectivity index (χ1n) is 7.61. The third-order valence-electron chi connectivity index (χ3n) is 4.55. The van der Waals surface area contributed by atoms with Crippen LogP contribution in [0.4, 0.5) is 0 Å². The Balaban J connectivity index is 2.57. The minimum Gasteiger partial charge on any atom is -0.395 e. The SMILES string of the molecule is CNC1CC(C)CC(C)C1CN(CCO)CCOC. The van der Waals surface area contributed by atoms with E-state index in [1.54, 1.807) is 7.11 Å². The van der Waals surface area contributed by atoms with Crippen LogP contribution in [0.25, 0.3) is 0 Å². The highest BCUT2D eigenvalue weighted by molar-refractivity contribution is 4.88. The number of methoxy groups -OCH3 is 1. The van der Waals surface area contributed by atoms with Gasteiger partial charge >= 0.3 is 0 Å². The Morgan fingerprint density at radius 1 is 1.26 bits per heavy atom. The third-order valence-corrected chi connectivity index (χ3v) is 4.55. The van der Waals surface area contributed by atoms with Crippen molar-refractivity contribution < 1.29 is 9.84 Å². The van der Waals surface area contributed by atoms with Gasteiger partial charge in [-0.3, -0.25) is 4.90 Å². The normalized spacial score (nSPS) is 31.9. The molecule has 19 heavy (non-hydrogen) atoms. The van der Waals surface area contributed by atoms with Gasteiger partial charge < -0.3 is 15.2 Å². The first kappa shape index (κ1) is 16.9. The van der Waals surface area contributed by atoms with E-state index in [9.17, 15) is 5.11 Å². The molecule has 1 saturated carbocycles. The van der Waals surface area contributed by atoms with E-state index >= 15 is 0 Å². The summed E-state index contributed by atoms with van der Waals surface area (Å²) in [4.78, 5) is 2.34. The van der Waals surface area contributed by atoms with Gasteiger partial charge in [-0.2, -0.15) is 0 Å². The van der Waals surface area contributed by atoms with E-state index in [0.717, 1.165) is 38.1 Å². The Bertz CT molecular complexity index is 238. The predicted octanol–water partition coefficient (Wildman–Crippen LogP) is 1.20. The standard InChI is InChI=1S/C15H32N2O2/c1-12-9-13(2)14(15(10-12)16-3)11-17(5-7-18)6-8-19-4/h12-16,18H,5-11H2,1-4H3.